The molecule has 0 aliphatic carbocycles. The molecule has 0 aromatic heterocycles. The second-order valence-corrected chi connectivity index (χ2v) is 3.45. The molecule has 0 saturated carbocycles. The highest BCUT2D eigenvalue weighted by molar-refractivity contribution is 4.42. The van der Waals surface area contributed by atoms with Gasteiger partial charge in [0.05, 0.1) is 13.7 Å². The molecule has 1 atom stereocenters. The van der Waals surface area contributed by atoms with Crippen LogP contribution in [0.25, 0.3) is 0 Å². The van der Waals surface area contributed by atoms with Crippen molar-refractivity contribution >= 4 is 0 Å². The third kappa shape index (κ3) is 8.02. The topological polar surface area (TPSA) is 25.8 Å². The molecule has 0 saturated heterocycles. The van der Waals surface area contributed by atoms with Crippen molar-refractivity contribution in [3.05, 3.63) is 0 Å². The fraction of sp³-hybridized carbons (Fsp3) is 1.00. The molecule has 0 aliphatic rings. The molecular weight excluding hydrogens is 150 g/mol. The number of ether oxygens (including phenoxy) is 1. The Kier molecular flexibility index (Phi) is 8.95. The van der Waals surface area contributed by atoms with Crippen molar-refractivity contribution in [1.29, 1.82) is 0 Å². The van der Waals surface area contributed by atoms with Gasteiger partial charge in [-0.2, -0.15) is 0 Å². The molecule has 0 heterocycles. The molecule has 74 valence electrons. The summed E-state index contributed by atoms with van der Waals surface area (Å²) in [5.74, 6) is 0. The number of unbranched alkanes of at least 4 members (excludes halogenated alkanes) is 3. The van der Waals surface area contributed by atoms with E-state index in [0.29, 0.717) is 6.04 Å². The second kappa shape index (κ2) is 9.01. The molecule has 0 fully saturated rings. The van der Waals surface area contributed by atoms with Gasteiger partial charge in [0.1, 0.15) is 6.04 Å². The van der Waals surface area contributed by atoms with E-state index in [1.54, 1.807) is 0 Å². The van der Waals surface area contributed by atoms with Crippen LogP contribution in [0.5, 0.6) is 0 Å². The zero-order chi connectivity index (χ0) is 9.23. The molecule has 0 spiro atoms. The highest BCUT2D eigenvalue weighted by atomic mass is 16.5. The van der Waals surface area contributed by atoms with Crippen LogP contribution in [0.3, 0.4) is 0 Å². The quantitative estimate of drug-likeness (QED) is 0.549. The Hall–Kier alpha value is -0.0800. The average Bonchev–Trinajstić information content (AvgIpc) is 2.10. The van der Waals surface area contributed by atoms with Gasteiger partial charge in [-0.25, -0.2) is 0 Å². The maximum absolute atomic E-state index is 5.50. The average molecular weight is 174 g/mol. The van der Waals surface area contributed by atoms with Gasteiger partial charge < -0.3 is 10.1 Å². The van der Waals surface area contributed by atoms with E-state index in [0.717, 1.165) is 13.2 Å². The maximum atomic E-state index is 5.50. The van der Waals surface area contributed by atoms with Crippen molar-refractivity contribution in [2.75, 3.05) is 20.3 Å². The molecule has 0 bridgehead atoms. The Balaban J connectivity index is 2.90. The van der Waals surface area contributed by atoms with Crippen molar-refractivity contribution < 1.29 is 10.1 Å². The van der Waals surface area contributed by atoms with Crippen molar-refractivity contribution in [3.8, 4) is 0 Å². The molecule has 0 radical (unpaired) electrons. The third-order valence-electron chi connectivity index (χ3n) is 2.09. The Morgan fingerprint density at radius 1 is 1.25 bits per heavy atom. The molecular formula is C10H24NO+. The first-order valence-corrected chi connectivity index (χ1v) is 5.18. The summed E-state index contributed by atoms with van der Waals surface area (Å²) >= 11 is 0. The standard InChI is InChI=1S/C10H23NO/c1-4-5-6-7-8-12-9-10(2)11-3/h10-11H,4-9H2,1-3H3/p+1/t10-/m1/s1. The largest absolute Gasteiger partial charge is 0.375 e. The first-order valence-electron chi connectivity index (χ1n) is 5.18. The summed E-state index contributed by atoms with van der Waals surface area (Å²) in [4.78, 5) is 0. The Morgan fingerprint density at radius 3 is 2.58 bits per heavy atom. The molecule has 0 aliphatic heterocycles. The third-order valence-corrected chi connectivity index (χ3v) is 2.09. The monoisotopic (exact) mass is 174 g/mol. The fourth-order valence-electron chi connectivity index (χ4n) is 0.996. The van der Waals surface area contributed by atoms with E-state index >= 15 is 0 Å². The summed E-state index contributed by atoms with van der Waals surface area (Å²) in [6.45, 7) is 6.25. The highest BCUT2D eigenvalue weighted by Crippen LogP contribution is 1.98. The molecule has 0 aromatic carbocycles. The molecule has 0 amide bonds. The van der Waals surface area contributed by atoms with E-state index in [1.165, 1.54) is 25.7 Å². The van der Waals surface area contributed by atoms with Gasteiger partial charge in [0.2, 0.25) is 0 Å². The predicted molar refractivity (Wildman–Crippen MR) is 52.3 cm³/mol. The van der Waals surface area contributed by atoms with Crippen LogP contribution in [-0.4, -0.2) is 26.3 Å². The van der Waals surface area contributed by atoms with Crippen LogP contribution in [0.15, 0.2) is 0 Å². The number of hydrogen-bond donors (Lipinski definition) is 1. The van der Waals surface area contributed by atoms with Crippen molar-refractivity contribution in [3.63, 3.8) is 0 Å². The lowest BCUT2D eigenvalue weighted by molar-refractivity contribution is -0.662. The molecule has 12 heavy (non-hydrogen) atoms. The lowest BCUT2D eigenvalue weighted by Gasteiger charge is -2.07. The second-order valence-electron chi connectivity index (χ2n) is 3.45. The summed E-state index contributed by atoms with van der Waals surface area (Å²) in [5.41, 5.74) is 0. The van der Waals surface area contributed by atoms with Crippen molar-refractivity contribution in [1.82, 2.24) is 0 Å². The van der Waals surface area contributed by atoms with Crippen molar-refractivity contribution in [2.24, 2.45) is 0 Å². The minimum Gasteiger partial charge on any atom is -0.375 e. The van der Waals surface area contributed by atoms with Crippen LogP contribution in [0.4, 0.5) is 0 Å². The normalized spacial score (nSPS) is 13.2. The summed E-state index contributed by atoms with van der Waals surface area (Å²) in [7, 11) is 2.09. The van der Waals surface area contributed by atoms with Gasteiger partial charge in [0, 0.05) is 6.61 Å². The van der Waals surface area contributed by atoms with Crippen LogP contribution in [0.1, 0.15) is 39.5 Å². The molecule has 2 heteroatoms. The van der Waals surface area contributed by atoms with Crippen LogP contribution in [0, 0.1) is 0 Å². The van der Waals surface area contributed by atoms with Crippen molar-refractivity contribution in [2.45, 2.75) is 45.6 Å². The molecule has 0 unspecified atom stereocenters. The predicted octanol–water partition coefficient (Wildman–Crippen LogP) is 1.16. The van der Waals surface area contributed by atoms with Gasteiger partial charge in [0.25, 0.3) is 0 Å². The van der Waals surface area contributed by atoms with Gasteiger partial charge in [-0.05, 0) is 13.3 Å². The maximum Gasteiger partial charge on any atom is 0.106 e. The zero-order valence-electron chi connectivity index (χ0n) is 8.81. The van der Waals surface area contributed by atoms with E-state index in [9.17, 15) is 0 Å². The van der Waals surface area contributed by atoms with E-state index in [-0.39, 0.29) is 0 Å². The minimum atomic E-state index is 0.608. The lowest BCUT2D eigenvalue weighted by Crippen LogP contribution is -2.86. The van der Waals surface area contributed by atoms with E-state index < -0.39 is 0 Å². The summed E-state index contributed by atoms with van der Waals surface area (Å²) in [5, 5.41) is 2.19. The summed E-state index contributed by atoms with van der Waals surface area (Å²) in [6, 6.07) is 0.608. The van der Waals surface area contributed by atoms with E-state index in [1.807, 2.05) is 0 Å². The van der Waals surface area contributed by atoms with Gasteiger partial charge in [-0.3, -0.25) is 0 Å². The van der Waals surface area contributed by atoms with Gasteiger partial charge >= 0.3 is 0 Å². The molecule has 2 nitrogen and oxygen atoms in total. The van der Waals surface area contributed by atoms with Crippen LogP contribution in [-0.2, 0) is 4.74 Å². The lowest BCUT2D eigenvalue weighted by atomic mass is 10.2. The SMILES string of the molecule is CCCCCCOC[C@@H](C)[NH2+]C. The zero-order valence-corrected chi connectivity index (χ0v) is 8.81. The Bertz CT molecular complexity index is 85.9. The number of likely N-dealkylation sites (N-methyl/N-ethyl adjacent to an activating group) is 1. The first-order chi connectivity index (χ1) is 5.81. The smallest absolute Gasteiger partial charge is 0.106 e. The fourth-order valence-corrected chi connectivity index (χ4v) is 0.996. The Labute approximate surface area is 76.7 Å². The first kappa shape index (κ1) is 11.9. The van der Waals surface area contributed by atoms with Crippen LogP contribution < -0.4 is 5.32 Å². The molecule has 2 N–H and O–H groups in total. The van der Waals surface area contributed by atoms with E-state index in [2.05, 4.69) is 26.2 Å². The molecule has 0 aromatic rings. The summed E-state index contributed by atoms with van der Waals surface area (Å²) < 4.78 is 5.50. The van der Waals surface area contributed by atoms with Gasteiger partial charge in [-0.15, -0.1) is 0 Å². The van der Waals surface area contributed by atoms with E-state index in [4.69, 9.17) is 4.74 Å². The van der Waals surface area contributed by atoms with Gasteiger partial charge in [-0.1, -0.05) is 26.2 Å². The minimum absolute atomic E-state index is 0.608. The number of hydrogen-bond acceptors (Lipinski definition) is 1. The van der Waals surface area contributed by atoms with Crippen LogP contribution >= 0.6 is 0 Å². The van der Waals surface area contributed by atoms with Crippen LogP contribution in [0.2, 0.25) is 0 Å². The Morgan fingerprint density at radius 2 is 2.00 bits per heavy atom. The summed E-state index contributed by atoms with van der Waals surface area (Å²) in [6.07, 6.45) is 5.20. The highest BCUT2D eigenvalue weighted by Gasteiger charge is 1.99. The number of rotatable bonds is 8. The molecule has 0 rings (SSSR count). The number of nitrogens with two attached hydrogens (primary N) is 1. The van der Waals surface area contributed by atoms with Gasteiger partial charge in [0.15, 0.2) is 0 Å². The number of quaternary nitrogens is 1.